The van der Waals surface area contributed by atoms with Crippen molar-refractivity contribution in [1.82, 2.24) is 4.90 Å². The van der Waals surface area contributed by atoms with Crippen LogP contribution in [0.25, 0.3) is 0 Å². The van der Waals surface area contributed by atoms with Crippen molar-refractivity contribution in [2.24, 2.45) is 16.7 Å². The van der Waals surface area contributed by atoms with Crippen LogP contribution in [-0.2, 0) is 9.47 Å². The highest BCUT2D eigenvalue weighted by Crippen LogP contribution is 2.63. The van der Waals surface area contributed by atoms with Gasteiger partial charge in [0.25, 0.3) is 0 Å². The van der Waals surface area contributed by atoms with Gasteiger partial charge in [-0.25, -0.2) is 0 Å². The van der Waals surface area contributed by atoms with Crippen LogP contribution >= 0.6 is 0 Å². The van der Waals surface area contributed by atoms with Gasteiger partial charge in [0.2, 0.25) is 0 Å². The molecule has 122 valence electrons. The number of ether oxygens (including phenoxy) is 2. The van der Waals surface area contributed by atoms with Crippen LogP contribution in [0.2, 0.25) is 0 Å². The molecule has 0 amide bonds. The zero-order chi connectivity index (χ0) is 15.1. The number of hydrogen-bond acceptors (Lipinski definition) is 4. The second kappa shape index (κ2) is 5.80. The van der Waals surface area contributed by atoms with E-state index in [4.69, 9.17) is 9.47 Å². The van der Waals surface area contributed by atoms with Gasteiger partial charge in [0.1, 0.15) is 0 Å². The lowest BCUT2D eigenvalue weighted by Gasteiger charge is -2.42. The Bertz CT molecular complexity index is 362. The van der Waals surface area contributed by atoms with Gasteiger partial charge < -0.3 is 14.6 Å². The maximum absolute atomic E-state index is 10.3. The fourth-order valence-corrected chi connectivity index (χ4v) is 5.01. The first kappa shape index (κ1) is 15.7. The predicted octanol–water partition coefficient (Wildman–Crippen LogP) is 1.91. The van der Waals surface area contributed by atoms with Crippen LogP contribution in [0.1, 0.15) is 40.0 Å². The topological polar surface area (TPSA) is 41.9 Å². The van der Waals surface area contributed by atoms with E-state index in [0.29, 0.717) is 24.7 Å². The summed E-state index contributed by atoms with van der Waals surface area (Å²) in [6.45, 7) is 11.6. The van der Waals surface area contributed by atoms with Crippen molar-refractivity contribution in [3.63, 3.8) is 0 Å². The fourth-order valence-electron chi connectivity index (χ4n) is 5.01. The number of morpholine rings is 1. The Morgan fingerprint density at radius 2 is 2.00 bits per heavy atom. The van der Waals surface area contributed by atoms with Crippen LogP contribution in [0.5, 0.6) is 0 Å². The number of fused-ring (bicyclic) bond motifs is 2. The highest BCUT2D eigenvalue weighted by atomic mass is 16.5. The monoisotopic (exact) mass is 297 g/mol. The summed E-state index contributed by atoms with van der Waals surface area (Å²) in [5.41, 5.74) is 0.582. The molecule has 1 heterocycles. The Hall–Kier alpha value is -0.160. The largest absolute Gasteiger partial charge is 0.389 e. The van der Waals surface area contributed by atoms with Crippen LogP contribution in [-0.4, -0.2) is 61.7 Å². The molecule has 0 aromatic carbocycles. The summed E-state index contributed by atoms with van der Waals surface area (Å²) in [6.07, 6.45) is 3.83. The lowest BCUT2D eigenvalue weighted by molar-refractivity contribution is -0.115. The molecule has 3 fully saturated rings. The van der Waals surface area contributed by atoms with Gasteiger partial charge in [-0.05, 0) is 36.0 Å². The van der Waals surface area contributed by atoms with Gasteiger partial charge in [0.05, 0.1) is 32.0 Å². The summed E-state index contributed by atoms with van der Waals surface area (Å²) in [4.78, 5) is 2.27. The summed E-state index contributed by atoms with van der Waals surface area (Å²) < 4.78 is 11.6. The first-order valence-electron chi connectivity index (χ1n) is 8.51. The maximum Gasteiger partial charge on any atom is 0.0900 e. The van der Waals surface area contributed by atoms with Crippen LogP contribution < -0.4 is 0 Å². The minimum atomic E-state index is -0.387. The average molecular weight is 297 g/mol. The molecular weight excluding hydrogens is 266 g/mol. The highest BCUT2D eigenvalue weighted by Gasteiger charge is 2.60. The molecule has 4 atom stereocenters. The summed E-state index contributed by atoms with van der Waals surface area (Å²) in [7, 11) is 0. The lowest BCUT2D eigenvalue weighted by atomic mass is 9.70. The molecule has 0 spiro atoms. The molecule has 2 saturated carbocycles. The molecule has 0 radical (unpaired) electrons. The Morgan fingerprint density at radius 1 is 1.29 bits per heavy atom. The Kier molecular flexibility index (Phi) is 4.34. The number of aliphatic hydroxyl groups excluding tert-OH is 1. The molecule has 4 nitrogen and oxygen atoms in total. The molecule has 1 aliphatic heterocycles. The lowest BCUT2D eigenvalue weighted by Crippen LogP contribution is -2.46. The van der Waals surface area contributed by atoms with Crippen molar-refractivity contribution >= 4 is 0 Å². The standard InChI is InChI=1S/C17H31NO3/c1-16(2)13-4-5-17(3,10-13)15(16)21-12-14(19)11-18-6-8-20-9-7-18/h13-15,19H,4-12H2,1-3H3/t13-,14+,15-,17+/m0/s1. The number of rotatable bonds is 5. The van der Waals surface area contributed by atoms with Gasteiger partial charge >= 0.3 is 0 Å². The number of β-amino-alcohol motifs (C(OH)–C–C–N with tert-alkyl or cyclic N) is 1. The third kappa shape index (κ3) is 3.00. The molecule has 2 aliphatic carbocycles. The van der Waals surface area contributed by atoms with Gasteiger partial charge in [0, 0.05) is 19.6 Å². The number of hydrogen-bond donors (Lipinski definition) is 1. The second-order valence-electron chi connectivity index (χ2n) is 8.20. The summed E-state index contributed by atoms with van der Waals surface area (Å²) >= 11 is 0. The first-order chi connectivity index (χ1) is 9.92. The van der Waals surface area contributed by atoms with Crippen LogP contribution in [0.3, 0.4) is 0 Å². The van der Waals surface area contributed by atoms with Crippen molar-refractivity contribution in [3.8, 4) is 0 Å². The van der Waals surface area contributed by atoms with Gasteiger partial charge in [-0.2, -0.15) is 0 Å². The smallest absolute Gasteiger partial charge is 0.0900 e. The van der Waals surface area contributed by atoms with Gasteiger partial charge in [-0.15, -0.1) is 0 Å². The van der Waals surface area contributed by atoms with E-state index in [-0.39, 0.29) is 11.5 Å². The SMILES string of the molecule is CC1(C)[C@H]2CC[C@](C)(C2)[C@H]1OC[C@H](O)CN1CCOCC1. The van der Waals surface area contributed by atoms with Gasteiger partial charge in [-0.1, -0.05) is 20.8 Å². The Morgan fingerprint density at radius 3 is 2.62 bits per heavy atom. The van der Waals surface area contributed by atoms with Gasteiger partial charge in [0.15, 0.2) is 0 Å². The third-order valence-corrected chi connectivity index (χ3v) is 6.17. The molecule has 1 saturated heterocycles. The van der Waals surface area contributed by atoms with Crippen LogP contribution in [0.4, 0.5) is 0 Å². The average Bonchev–Trinajstić information content (AvgIpc) is 2.90. The minimum Gasteiger partial charge on any atom is -0.389 e. The van der Waals surface area contributed by atoms with Crippen molar-refractivity contribution in [1.29, 1.82) is 0 Å². The Labute approximate surface area is 128 Å². The quantitative estimate of drug-likeness (QED) is 0.842. The Balaban J connectivity index is 1.50. The minimum absolute atomic E-state index is 0.256. The normalized spacial score (nSPS) is 40.6. The zero-order valence-corrected chi connectivity index (χ0v) is 13.8. The molecule has 3 aliphatic rings. The maximum atomic E-state index is 10.3. The van der Waals surface area contributed by atoms with E-state index in [1.165, 1.54) is 19.3 Å². The third-order valence-electron chi connectivity index (χ3n) is 6.17. The van der Waals surface area contributed by atoms with E-state index in [1.54, 1.807) is 0 Å². The van der Waals surface area contributed by atoms with Crippen molar-refractivity contribution in [2.75, 3.05) is 39.5 Å². The fraction of sp³-hybridized carbons (Fsp3) is 1.00. The molecule has 0 unspecified atom stereocenters. The predicted molar refractivity (Wildman–Crippen MR) is 82.2 cm³/mol. The molecule has 0 aromatic rings. The molecule has 1 N–H and O–H groups in total. The summed E-state index contributed by atoms with van der Waals surface area (Å²) in [5, 5.41) is 10.3. The van der Waals surface area contributed by atoms with Crippen LogP contribution in [0, 0.1) is 16.7 Å². The van der Waals surface area contributed by atoms with E-state index in [2.05, 4.69) is 25.7 Å². The summed E-state index contributed by atoms with van der Waals surface area (Å²) in [5.74, 6) is 0.795. The molecule has 2 bridgehead atoms. The van der Waals surface area contributed by atoms with Crippen LogP contribution in [0.15, 0.2) is 0 Å². The number of aliphatic hydroxyl groups is 1. The zero-order valence-electron chi connectivity index (χ0n) is 13.8. The van der Waals surface area contributed by atoms with E-state index in [1.807, 2.05) is 0 Å². The molecule has 4 heteroatoms. The van der Waals surface area contributed by atoms with E-state index >= 15 is 0 Å². The second-order valence-corrected chi connectivity index (χ2v) is 8.20. The van der Waals surface area contributed by atoms with E-state index in [0.717, 1.165) is 32.2 Å². The molecule has 21 heavy (non-hydrogen) atoms. The first-order valence-corrected chi connectivity index (χ1v) is 8.51. The molecule has 3 rings (SSSR count). The molecule has 0 aromatic heterocycles. The highest BCUT2D eigenvalue weighted by molar-refractivity contribution is 5.09. The van der Waals surface area contributed by atoms with Crippen molar-refractivity contribution in [3.05, 3.63) is 0 Å². The summed E-state index contributed by atoms with van der Waals surface area (Å²) in [6, 6.07) is 0. The van der Waals surface area contributed by atoms with Crippen molar-refractivity contribution < 1.29 is 14.6 Å². The number of nitrogens with zero attached hydrogens (tertiary/aromatic N) is 1. The van der Waals surface area contributed by atoms with E-state index in [9.17, 15) is 5.11 Å². The van der Waals surface area contributed by atoms with Gasteiger partial charge in [-0.3, -0.25) is 4.90 Å². The van der Waals surface area contributed by atoms with Crippen molar-refractivity contribution in [2.45, 2.75) is 52.2 Å². The van der Waals surface area contributed by atoms with E-state index < -0.39 is 0 Å². The molecular formula is C17H31NO3.